The van der Waals surface area contributed by atoms with Crippen LogP contribution in [0.1, 0.15) is 47.7 Å². The van der Waals surface area contributed by atoms with Crippen LogP contribution in [-0.2, 0) is 11.8 Å². The number of urea groups is 1. The second-order valence-corrected chi connectivity index (χ2v) is 8.96. The molecule has 1 atom stereocenters. The van der Waals surface area contributed by atoms with Crippen molar-refractivity contribution < 1.29 is 14.4 Å². The smallest absolute Gasteiger partial charge is 0.323 e. The summed E-state index contributed by atoms with van der Waals surface area (Å²) >= 11 is 0. The van der Waals surface area contributed by atoms with Gasteiger partial charge in [-0.05, 0) is 52.3 Å². The number of aryl methyl sites for hydroxylation is 1. The maximum Gasteiger partial charge on any atom is 0.325 e. The maximum atomic E-state index is 13.5. The summed E-state index contributed by atoms with van der Waals surface area (Å²) in [5.74, 6) is -0.771. The molecular weight excluding hydrogens is 434 g/mol. The topological polar surface area (TPSA) is 98.3 Å². The Labute approximate surface area is 197 Å². The van der Waals surface area contributed by atoms with Crippen molar-refractivity contribution in [3.05, 3.63) is 69.4 Å². The molecule has 1 fully saturated rings. The summed E-state index contributed by atoms with van der Waals surface area (Å²) in [5, 5.41) is 2.67. The molecular formula is C25H29N5O4. The van der Waals surface area contributed by atoms with Crippen LogP contribution < -0.4 is 10.9 Å². The van der Waals surface area contributed by atoms with Crippen molar-refractivity contribution in [2.24, 2.45) is 7.05 Å². The lowest BCUT2D eigenvalue weighted by Crippen LogP contribution is -2.43. The predicted molar refractivity (Wildman–Crippen MR) is 128 cm³/mol. The van der Waals surface area contributed by atoms with Crippen molar-refractivity contribution in [2.45, 2.75) is 46.6 Å². The number of para-hydroxylation sites is 1. The lowest BCUT2D eigenvalue weighted by molar-refractivity contribution is -0.130. The summed E-state index contributed by atoms with van der Waals surface area (Å²) in [5.41, 5.74) is 2.38. The van der Waals surface area contributed by atoms with Crippen molar-refractivity contribution in [3.63, 3.8) is 0 Å². The second-order valence-electron chi connectivity index (χ2n) is 8.96. The monoisotopic (exact) mass is 463 g/mol. The first-order valence-electron chi connectivity index (χ1n) is 11.2. The molecule has 2 aromatic heterocycles. The van der Waals surface area contributed by atoms with Crippen molar-refractivity contribution in [2.75, 3.05) is 6.54 Å². The summed E-state index contributed by atoms with van der Waals surface area (Å²) in [4.78, 5) is 52.7. The Hall–Kier alpha value is -3.88. The molecule has 178 valence electrons. The molecule has 34 heavy (non-hydrogen) atoms. The minimum atomic E-state index is -1.00. The highest BCUT2D eigenvalue weighted by Gasteiger charge is 2.47. The molecule has 1 aliphatic heterocycles. The molecule has 9 heteroatoms. The zero-order chi connectivity index (χ0) is 24.9. The van der Waals surface area contributed by atoms with Crippen LogP contribution in [-0.4, -0.2) is 48.6 Å². The molecule has 1 aromatic carbocycles. The number of carbonyl (C=O) groups excluding carboxylic acids is 3. The van der Waals surface area contributed by atoms with Gasteiger partial charge >= 0.3 is 6.03 Å². The molecule has 1 saturated heterocycles. The van der Waals surface area contributed by atoms with E-state index in [-0.39, 0.29) is 17.9 Å². The van der Waals surface area contributed by atoms with Gasteiger partial charge in [-0.15, -0.1) is 0 Å². The molecule has 3 amide bonds. The van der Waals surface area contributed by atoms with Gasteiger partial charge in [-0.3, -0.25) is 24.0 Å². The van der Waals surface area contributed by atoms with Gasteiger partial charge in [0.2, 0.25) is 0 Å². The number of ketones is 1. The summed E-state index contributed by atoms with van der Waals surface area (Å²) < 4.78 is 5.14. The van der Waals surface area contributed by atoms with Crippen molar-refractivity contribution in [1.29, 1.82) is 0 Å². The minimum absolute atomic E-state index is 0.209. The summed E-state index contributed by atoms with van der Waals surface area (Å²) in [6.07, 6.45) is 0.428. The Balaban J connectivity index is 1.74. The molecule has 3 aromatic rings. The third-order valence-electron chi connectivity index (χ3n) is 6.83. The highest BCUT2D eigenvalue weighted by Crippen LogP contribution is 2.25. The Morgan fingerprint density at radius 2 is 1.68 bits per heavy atom. The third kappa shape index (κ3) is 3.39. The van der Waals surface area contributed by atoms with E-state index in [1.54, 1.807) is 33.8 Å². The molecule has 9 nitrogen and oxygen atoms in total. The van der Waals surface area contributed by atoms with E-state index in [1.807, 2.05) is 58.2 Å². The predicted octanol–water partition coefficient (Wildman–Crippen LogP) is 2.80. The Morgan fingerprint density at radius 1 is 1.03 bits per heavy atom. The lowest BCUT2D eigenvalue weighted by atomic mass is 9.99. The molecule has 0 bridgehead atoms. The molecule has 3 heterocycles. The average molecular weight is 464 g/mol. The number of nitrogens with one attached hydrogen (secondary N) is 1. The fourth-order valence-electron chi connectivity index (χ4n) is 4.56. The number of hydrogen-bond donors (Lipinski definition) is 1. The number of Topliss-reactive ketones (excluding diaryl/α,β-unsaturated/α-hetero) is 1. The van der Waals surface area contributed by atoms with E-state index >= 15 is 0 Å². The van der Waals surface area contributed by atoms with E-state index in [1.165, 1.54) is 0 Å². The number of benzene rings is 1. The van der Waals surface area contributed by atoms with Crippen molar-refractivity contribution in [3.8, 4) is 11.4 Å². The molecule has 0 aliphatic carbocycles. The van der Waals surface area contributed by atoms with Crippen molar-refractivity contribution >= 4 is 17.7 Å². The fraction of sp³-hybridized carbons (Fsp3) is 0.360. The van der Waals surface area contributed by atoms with Gasteiger partial charge in [0.15, 0.2) is 5.78 Å². The van der Waals surface area contributed by atoms with Gasteiger partial charge in [-0.1, -0.05) is 25.1 Å². The Bertz CT molecular complexity index is 1380. The van der Waals surface area contributed by atoms with E-state index < -0.39 is 17.5 Å². The van der Waals surface area contributed by atoms with Gasteiger partial charge in [0.1, 0.15) is 11.2 Å². The van der Waals surface area contributed by atoms with E-state index in [0.717, 1.165) is 16.3 Å². The summed E-state index contributed by atoms with van der Waals surface area (Å²) in [6, 6.07) is 10.5. The first-order chi connectivity index (χ1) is 16.0. The van der Waals surface area contributed by atoms with E-state index in [0.29, 0.717) is 29.1 Å². The second kappa shape index (κ2) is 8.16. The van der Waals surface area contributed by atoms with Crippen LogP contribution >= 0.6 is 0 Å². The Kier molecular flexibility index (Phi) is 5.59. The quantitative estimate of drug-likeness (QED) is 0.449. The van der Waals surface area contributed by atoms with E-state index in [4.69, 9.17) is 0 Å². The van der Waals surface area contributed by atoms with Gasteiger partial charge < -0.3 is 9.88 Å². The van der Waals surface area contributed by atoms with Gasteiger partial charge in [0, 0.05) is 24.0 Å². The normalized spacial score (nSPS) is 18.0. The molecule has 0 radical (unpaired) electrons. The van der Waals surface area contributed by atoms with E-state index in [2.05, 4.69) is 5.32 Å². The Morgan fingerprint density at radius 3 is 2.26 bits per heavy atom. The average Bonchev–Trinajstić information content (AvgIpc) is 3.31. The zero-order valence-corrected chi connectivity index (χ0v) is 20.3. The SMILES string of the molecule is CC[C@@]1(C)NC(=O)N(CC(=O)c2cc(C)n(-c3c(C)n(C)n(-c4ccccc4)c3=O)c2C)C1=O. The van der Waals surface area contributed by atoms with Crippen LogP contribution in [0.3, 0.4) is 0 Å². The molecule has 0 saturated carbocycles. The van der Waals surface area contributed by atoms with Crippen LogP contribution in [0.15, 0.2) is 41.2 Å². The first kappa shape index (κ1) is 23.3. The van der Waals surface area contributed by atoms with Crippen LogP contribution in [0, 0.1) is 20.8 Å². The maximum absolute atomic E-state index is 13.5. The molecule has 4 rings (SSSR count). The number of hydrogen-bond acceptors (Lipinski definition) is 4. The number of carbonyl (C=O) groups is 3. The molecule has 0 spiro atoms. The van der Waals surface area contributed by atoms with Crippen LogP contribution in [0.4, 0.5) is 4.79 Å². The fourth-order valence-corrected chi connectivity index (χ4v) is 4.56. The number of imide groups is 1. The lowest BCUT2D eigenvalue weighted by Gasteiger charge is -2.19. The van der Waals surface area contributed by atoms with Gasteiger partial charge in [-0.25, -0.2) is 9.48 Å². The molecule has 1 aliphatic rings. The van der Waals surface area contributed by atoms with Crippen LogP contribution in [0.5, 0.6) is 0 Å². The molecule has 0 unspecified atom stereocenters. The number of nitrogens with zero attached hydrogens (tertiary/aromatic N) is 4. The standard InChI is InChI=1S/C25H29N5O4/c1-7-25(5)23(33)28(24(34)26-25)14-20(31)19-13-15(2)29(16(19)3)21-17(4)27(6)30(22(21)32)18-11-9-8-10-12-18/h8-13H,7,14H2,1-6H3,(H,26,34)/t25-/m1/s1. The zero-order valence-electron chi connectivity index (χ0n) is 20.3. The summed E-state index contributed by atoms with van der Waals surface area (Å²) in [6.45, 7) is 8.55. The van der Waals surface area contributed by atoms with Gasteiger partial charge in [0.25, 0.3) is 11.5 Å². The highest BCUT2D eigenvalue weighted by atomic mass is 16.2. The number of amides is 3. The minimum Gasteiger partial charge on any atom is -0.323 e. The molecule has 1 N–H and O–H groups in total. The number of rotatable bonds is 6. The first-order valence-corrected chi connectivity index (χ1v) is 11.2. The summed E-state index contributed by atoms with van der Waals surface area (Å²) in [7, 11) is 1.82. The van der Waals surface area contributed by atoms with Gasteiger partial charge in [0.05, 0.1) is 17.9 Å². The van der Waals surface area contributed by atoms with Gasteiger partial charge in [-0.2, -0.15) is 0 Å². The van der Waals surface area contributed by atoms with Crippen LogP contribution in [0.2, 0.25) is 0 Å². The van der Waals surface area contributed by atoms with Crippen LogP contribution in [0.25, 0.3) is 11.4 Å². The largest absolute Gasteiger partial charge is 0.325 e. The van der Waals surface area contributed by atoms with Crippen molar-refractivity contribution in [1.82, 2.24) is 24.1 Å². The van der Waals surface area contributed by atoms with E-state index in [9.17, 15) is 19.2 Å². The highest BCUT2D eigenvalue weighted by molar-refractivity contribution is 6.11. The number of aromatic nitrogens is 3. The third-order valence-corrected chi connectivity index (χ3v) is 6.83.